The van der Waals surface area contributed by atoms with Crippen LogP contribution in [0.3, 0.4) is 0 Å². The Morgan fingerprint density at radius 1 is 1.04 bits per heavy atom. The van der Waals surface area contributed by atoms with E-state index in [-0.39, 0.29) is 11.7 Å². The van der Waals surface area contributed by atoms with E-state index in [0.29, 0.717) is 22.7 Å². The van der Waals surface area contributed by atoms with Crippen molar-refractivity contribution in [3.8, 4) is 10.4 Å². The van der Waals surface area contributed by atoms with Gasteiger partial charge in [-0.15, -0.1) is 11.3 Å². The molecule has 4 nitrogen and oxygen atoms in total. The van der Waals surface area contributed by atoms with Crippen LogP contribution in [0.15, 0.2) is 79.1 Å². The Morgan fingerprint density at radius 2 is 1.85 bits per heavy atom. The highest BCUT2D eigenvalue weighted by Gasteiger charge is 2.12. The van der Waals surface area contributed by atoms with Crippen molar-refractivity contribution in [3.63, 3.8) is 0 Å². The van der Waals surface area contributed by atoms with Gasteiger partial charge in [-0.05, 0) is 42.0 Å². The lowest BCUT2D eigenvalue weighted by Gasteiger charge is -2.06. The number of hydrogen-bond donors (Lipinski definition) is 1. The van der Waals surface area contributed by atoms with Crippen LogP contribution in [0.4, 0.5) is 10.1 Å². The molecule has 2 aromatic heterocycles. The van der Waals surface area contributed by atoms with Gasteiger partial charge in [0.2, 0.25) is 0 Å². The van der Waals surface area contributed by atoms with E-state index in [2.05, 4.69) is 10.4 Å². The van der Waals surface area contributed by atoms with E-state index in [1.165, 1.54) is 17.4 Å². The van der Waals surface area contributed by atoms with Crippen molar-refractivity contribution in [2.45, 2.75) is 6.54 Å². The summed E-state index contributed by atoms with van der Waals surface area (Å²) < 4.78 is 15.7. The number of nitrogens with one attached hydrogen (secondary N) is 1. The summed E-state index contributed by atoms with van der Waals surface area (Å²) in [5.74, 6) is -0.499. The van der Waals surface area contributed by atoms with E-state index < -0.39 is 0 Å². The van der Waals surface area contributed by atoms with Crippen LogP contribution in [0, 0.1) is 5.82 Å². The highest BCUT2D eigenvalue weighted by molar-refractivity contribution is 7.17. The molecule has 1 N–H and O–H groups in total. The number of thiophene rings is 1. The standard InChI is InChI=1S/C21H16FN3OS/c22-18-5-2-1-4-17(18)19-10-11-20(27-19)21(26)24-16-8-6-15(7-9-16)14-25-13-3-12-23-25/h1-13H,14H2,(H,24,26). The Kier molecular flexibility index (Phi) is 4.80. The lowest BCUT2D eigenvalue weighted by Crippen LogP contribution is -2.10. The third-order valence-corrected chi connectivity index (χ3v) is 5.20. The maximum absolute atomic E-state index is 13.9. The second-order valence-electron chi connectivity index (χ2n) is 6.00. The minimum atomic E-state index is -0.293. The summed E-state index contributed by atoms with van der Waals surface area (Å²) in [4.78, 5) is 13.7. The van der Waals surface area contributed by atoms with Gasteiger partial charge in [-0.1, -0.05) is 30.3 Å². The van der Waals surface area contributed by atoms with Gasteiger partial charge in [0.05, 0.1) is 11.4 Å². The van der Waals surface area contributed by atoms with Crippen LogP contribution in [0.5, 0.6) is 0 Å². The Labute approximate surface area is 159 Å². The van der Waals surface area contributed by atoms with Crippen LogP contribution in [0.1, 0.15) is 15.2 Å². The lowest BCUT2D eigenvalue weighted by molar-refractivity contribution is 0.103. The SMILES string of the molecule is O=C(Nc1ccc(Cn2cccn2)cc1)c1ccc(-c2ccccc2F)s1. The molecule has 0 saturated carbocycles. The average molecular weight is 377 g/mol. The molecule has 4 rings (SSSR count). The van der Waals surface area contributed by atoms with E-state index in [0.717, 1.165) is 10.4 Å². The van der Waals surface area contributed by atoms with Gasteiger partial charge in [-0.25, -0.2) is 4.39 Å². The van der Waals surface area contributed by atoms with Crippen LogP contribution < -0.4 is 5.32 Å². The van der Waals surface area contributed by atoms with Gasteiger partial charge in [0.25, 0.3) is 5.91 Å². The fourth-order valence-corrected chi connectivity index (χ4v) is 3.66. The third kappa shape index (κ3) is 3.96. The van der Waals surface area contributed by atoms with Gasteiger partial charge in [0.15, 0.2) is 0 Å². The molecule has 27 heavy (non-hydrogen) atoms. The fraction of sp³-hybridized carbons (Fsp3) is 0.0476. The Hall–Kier alpha value is -3.25. The fourth-order valence-electron chi connectivity index (χ4n) is 2.73. The molecule has 0 bridgehead atoms. The summed E-state index contributed by atoms with van der Waals surface area (Å²) in [6.07, 6.45) is 3.64. The van der Waals surface area contributed by atoms with E-state index in [1.807, 2.05) is 41.2 Å². The van der Waals surface area contributed by atoms with Crippen LogP contribution in [0.2, 0.25) is 0 Å². The molecular formula is C21H16FN3OS. The first-order valence-electron chi connectivity index (χ1n) is 8.41. The molecule has 0 saturated heterocycles. The second kappa shape index (κ2) is 7.55. The topological polar surface area (TPSA) is 46.9 Å². The van der Waals surface area contributed by atoms with Crippen LogP contribution >= 0.6 is 11.3 Å². The van der Waals surface area contributed by atoms with E-state index in [1.54, 1.807) is 36.5 Å². The number of halogens is 1. The zero-order valence-electron chi connectivity index (χ0n) is 14.3. The summed E-state index contributed by atoms with van der Waals surface area (Å²) in [5, 5.41) is 7.06. The van der Waals surface area contributed by atoms with Gasteiger partial charge in [-0.2, -0.15) is 5.10 Å². The summed E-state index contributed by atoms with van der Waals surface area (Å²) in [6, 6.07) is 19.6. The highest BCUT2D eigenvalue weighted by atomic mass is 32.1. The van der Waals surface area contributed by atoms with Gasteiger partial charge < -0.3 is 5.32 Å². The van der Waals surface area contributed by atoms with Crippen molar-refractivity contribution >= 4 is 22.9 Å². The molecule has 0 radical (unpaired) electrons. The molecule has 6 heteroatoms. The highest BCUT2D eigenvalue weighted by Crippen LogP contribution is 2.30. The molecule has 4 aromatic rings. The average Bonchev–Trinajstić information content (AvgIpc) is 3.36. The minimum absolute atomic E-state index is 0.206. The number of aromatic nitrogens is 2. The first kappa shape index (κ1) is 17.2. The predicted octanol–water partition coefficient (Wildman–Crippen LogP) is 5.05. The van der Waals surface area contributed by atoms with Crippen LogP contribution in [0.25, 0.3) is 10.4 Å². The third-order valence-electron chi connectivity index (χ3n) is 4.08. The Morgan fingerprint density at radius 3 is 2.59 bits per heavy atom. The molecule has 134 valence electrons. The number of rotatable bonds is 5. The molecule has 0 aliphatic rings. The van der Waals surface area contributed by atoms with E-state index in [4.69, 9.17) is 0 Å². The minimum Gasteiger partial charge on any atom is -0.321 e. The van der Waals surface area contributed by atoms with E-state index in [9.17, 15) is 9.18 Å². The summed E-state index contributed by atoms with van der Waals surface area (Å²) in [7, 11) is 0. The monoisotopic (exact) mass is 377 g/mol. The number of anilines is 1. The molecule has 1 amide bonds. The van der Waals surface area contributed by atoms with Crippen molar-refractivity contribution in [1.82, 2.24) is 9.78 Å². The first-order valence-corrected chi connectivity index (χ1v) is 9.23. The van der Waals surface area contributed by atoms with Gasteiger partial charge >= 0.3 is 0 Å². The number of amides is 1. The Bertz CT molecular complexity index is 1060. The number of carbonyl (C=O) groups is 1. The number of nitrogens with zero attached hydrogens (tertiary/aromatic N) is 2. The Balaban J connectivity index is 1.44. The smallest absolute Gasteiger partial charge is 0.265 e. The van der Waals surface area contributed by atoms with Crippen molar-refractivity contribution in [1.29, 1.82) is 0 Å². The predicted molar refractivity (Wildman–Crippen MR) is 105 cm³/mol. The molecule has 0 atom stereocenters. The van der Waals surface area contributed by atoms with Crippen molar-refractivity contribution in [2.24, 2.45) is 0 Å². The molecule has 0 spiro atoms. The number of carbonyl (C=O) groups excluding carboxylic acids is 1. The van der Waals surface area contributed by atoms with E-state index >= 15 is 0 Å². The largest absolute Gasteiger partial charge is 0.321 e. The summed E-state index contributed by atoms with van der Waals surface area (Å²) >= 11 is 1.27. The van der Waals surface area contributed by atoms with Crippen molar-refractivity contribution in [3.05, 3.63) is 95.4 Å². The quantitative estimate of drug-likeness (QED) is 0.529. The molecular weight excluding hydrogens is 361 g/mol. The molecule has 0 unspecified atom stereocenters. The molecule has 0 aliphatic heterocycles. The lowest BCUT2D eigenvalue weighted by atomic mass is 10.2. The van der Waals surface area contributed by atoms with Crippen molar-refractivity contribution in [2.75, 3.05) is 5.32 Å². The van der Waals surface area contributed by atoms with Crippen LogP contribution in [-0.2, 0) is 6.54 Å². The normalized spacial score (nSPS) is 10.7. The first-order chi connectivity index (χ1) is 13.2. The summed E-state index contributed by atoms with van der Waals surface area (Å²) in [5.41, 5.74) is 2.31. The molecule has 2 heterocycles. The van der Waals surface area contributed by atoms with Gasteiger partial charge in [0.1, 0.15) is 5.82 Å². The van der Waals surface area contributed by atoms with Crippen molar-refractivity contribution < 1.29 is 9.18 Å². The molecule has 2 aromatic carbocycles. The number of hydrogen-bond acceptors (Lipinski definition) is 3. The zero-order valence-corrected chi connectivity index (χ0v) is 15.1. The van der Waals surface area contributed by atoms with Gasteiger partial charge in [0, 0.05) is 28.5 Å². The maximum atomic E-state index is 13.9. The van der Waals surface area contributed by atoms with Crippen LogP contribution in [-0.4, -0.2) is 15.7 Å². The maximum Gasteiger partial charge on any atom is 0.265 e. The second-order valence-corrected chi connectivity index (χ2v) is 7.08. The number of benzene rings is 2. The molecule has 0 aliphatic carbocycles. The molecule has 0 fully saturated rings. The zero-order chi connectivity index (χ0) is 18.6. The summed E-state index contributed by atoms with van der Waals surface area (Å²) in [6.45, 7) is 0.679. The van der Waals surface area contributed by atoms with Gasteiger partial charge in [-0.3, -0.25) is 9.48 Å².